The number of ether oxygens (including phenoxy) is 1. The number of carbonyl (C=O) groups excluding carboxylic acids is 1. The zero-order chi connectivity index (χ0) is 12.8. The van der Waals surface area contributed by atoms with Gasteiger partial charge in [-0.2, -0.15) is 0 Å². The standard InChI is InChI=1S/C14H20N2O2/c1-16(9-7-13-6-2-3-10-18-13)14(17)12-5-4-8-15-11-12/h4-5,8,11,13H,2-3,6-7,9-10H2,1H3. The predicted octanol–water partition coefficient (Wildman–Crippen LogP) is 2.11. The van der Waals surface area contributed by atoms with Crippen LogP contribution < -0.4 is 0 Å². The summed E-state index contributed by atoms with van der Waals surface area (Å²) in [6.45, 7) is 1.60. The molecule has 4 heteroatoms. The summed E-state index contributed by atoms with van der Waals surface area (Å²) in [5.74, 6) is 0.0268. The van der Waals surface area contributed by atoms with Crippen LogP contribution in [0.1, 0.15) is 36.0 Å². The Bertz CT molecular complexity index is 375. The van der Waals surface area contributed by atoms with Gasteiger partial charge in [-0.25, -0.2) is 0 Å². The molecular weight excluding hydrogens is 228 g/mol. The number of carbonyl (C=O) groups is 1. The Hall–Kier alpha value is -1.42. The zero-order valence-corrected chi connectivity index (χ0v) is 10.8. The van der Waals surface area contributed by atoms with E-state index in [-0.39, 0.29) is 5.91 Å². The average Bonchev–Trinajstić information content (AvgIpc) is 2.46. The smallest absolute Gasteiger partial charge is 0.255 e. The molecule has 0 saturated carbocycles. The van der Waals surface area contributed by atoms with E-state index in [0.717, 1.165) is 26.0 Å². The lowest BCUT2D eigenvalue weighted by Crippen LogP contribution is -2.31. The quantitative estimate of drug-likeness (QED) is 0.819. The van der Waals surface area contributed by atoms with Gasteiger partial charge in [0.1, 0.15) is 0 Å². The van der Waals surface area contributed by atoms with E-state index in [1.54, 1.807) is 29.4 Å². The van der Waals surface area contributed by atoms with Crippen molar-refractivity contribution in [2.24, 2.45) is 0 Å². The van der Waals surface area contributed by atoms with Gasteiger partial charge in [0, 0.05) is 32.6 Å². The van der Waals surface area contributed by atoms with Gasteiger partial charge in [0.2, 0.25) is 0 Å². The number of nitrogens with zero attached hydrogens (tertiary/aromatic N) is 2. The topological polar surface area (TPSA) is 42.4 Å². The highest BCUT2D eigenvalue weighted by Crippen LogP contribution is 2.16. The van der Waals surface area contributed by atoms with Gasteiger partial charge in [0.15, 0.2) is 0 Å². The molecule has 1 fully saturated rings. The molecule has 1 saturated heterocycles. The summed E-state index contributed by atoms with van der Waals surface area (Å²) in [5.41, 5.74) is 0.643. The fourth-order valence-corrected chi connectivity index (χ4v) is 2.18. The molecule has 1 aliphatic rings. The molecular formula is C14H20N2O2. The van der Waals surface area contributed by atoms with Crippen LogP contribution in [0.5, 0.6) is 0 Å². The number of pyridine rings is 1. The number of hydrogen-bond donors (Lipinski definition) is 0. The number of rotatable bonds is 4. The normalized spacial score (nSPS) is 19.5. The van der Waals surface area contributed by atoms with Crippen LogP contribution in [-0.2, 0) is 4.74 Å². The predicted molar refractivity (Wildman–Crippen MR) is 69.4 cm³/mol. The van der Waals surface area contributed by atoms with E-state index in [1.165, 1.54) is 12.8 Å². The Morgan fingerprint density at radius 3 is 3.11 bits per heavy atom. The van der Waals surface area contributed by atoms with Gasteiger partial charge in [-0.05, 0) is 37.8 Å². The number of hydrogen-bond acceptors (Lipinski definition) is 3. The molecule has 0 radical (unpaired) electrons. The van der Waals surface area contributed by atoms with Crippen LogP contribution in [0.25, 0.3) is 0 Å². The molecule has 2 heterocycles. The molecule has 18 heavy (non-hydrogen) atoms. The van der Waals surface area contributed by atoms with Crippen molar-refractivity contribution in [3.05, 3.63) is 30.1 Å². The molecule has 0 spiro atoms. The van der Waals surface area contributed by atoms with Crippen molar-refractivity contribution < 1.29 is 9.53 Å². The molecule has 1 amide bonds. The molecule has 1 aliphatic heterocycles. The minimum atomic E-state index is 0.0268. The number of aromatic nitrogens is 1. The van der Waals surface area contributed by atoms with E-state index in [0.29, 0.717) is 11.7 Å². The van der Waals surface area contributed by atoms with Crippen LogP contribution in [0, 0.1) is 0 Å². The largest absolute Gasteiger partial charge is 0.378 e. The average molecular weight is 248 g/mol. The van der Waals surface area contributed by atoms with Crippen molar-refractivity contribution in [3.63, 3.8) is 0 Å². The first kappa shape index (κ1) is 13.0. The lowest BCUT2D eigenvalue weighted by Gasteiger charge is -2.25. The van der Waals surface area contributed by atoms with E-state index in [1.807, 2.05) is 7.05 Å². The van der Waals surface area contributed by atoms with E-state index in [2.05, 4.69) is 4.98 Å². The van der Waals surface area contributed by atoms with Crippen LogP contribution >= 0.6 is 0 Å². The van der Waals surface area contributed by atoms with Crippen LogP contribution in [0.3, 0.4) is 0 Å². The molecule has 1 unspecified atom stereocenters. The van der Waals surface area contributed by atoms with Crippen LogP contribution in [0.2, 0.25) is 0 Å². The summed E-state index contributed by atoms with van der Waals surface area (Å²) in [6, 6.07) is 3.58. The Morgan fingerprint density at radius 1 is 1.56 bits per heavy atom. The van der Waals surface area contributed by atoms with Gasteiger partial charge in [-0.3, -0.25) is 9.78 Å². The molecule has 1 aromatic heterocycles. The Labute approximate surface area is 108 Å². The highest BCUT2D eigenvalue weighted by molar-refractivity contribution is 5.93. The third kappa shape index (κ3) is 3.53. The first-order chi connectivity index (χ1) is 8.77. The fraction of sp³-hybridized carbons (Fsp3) is 0.571. The van der Waals surface area contributed by atoms with Gasteiger partial charge >= 0.3 is 0 Å². The summed E-state index contributed by atoms with van der Waals surface area (Å²) in [4.78, 5) is 17.8. The van der Waals surface area contributed by atoms with Gasteiger partial charge in [-0.15, -0.1) is 0 Å². The maximum Gasteiger partial charge on any atom is 0.255 e. The minimum absolute atomic E-state index is 0.0268. The van der Waals surface area contributed by atoms with E-state index >= 15 is 0 Å². The second-order valence-corrected chi connectivity index (χ2v) is 4.75. The Balaban J connectivity index is 1.80. The number of amides is 1. The van der Waals surface area contributed by atoms with Gasteiger partial charge in [-0.1, -0.05) is 0 Å². The highest BCUT2D eigenvalue weighted by atomic mass is 16.5. The summed E-state index contributed by atoms with van der Waals surface area (Å²) < 4.78 is 5.66. The molecule has 1 atom stereocenters. The van der Waals surface area contributed by atoms with Crippen molar-refractivity contribution in [2.45, 2.75) is 31.8 Å². The summed E-state index contributed by atoms with van der Waals surface area (Å²) >= 11 is 0. The molecule has 0 aliphatic carbocycles. The monoisotopic (exact) mass is 248 g/mol. The minimum Gasteiger partial charge on any atom is -0.378 e. The molecule has 4 nitrogen and oxygen atoms in total. The van der Waals surface area contributed by atoms with E-state index in [9.17, 15) is 4.79 Å². The molecule has 98 valence electrons. The molecule has 0 aromatic carbocycles. The van der Waals surface area contributed by atoms with Crippen molar-refractivity contribution in [1.82, 2.24) is 9.88 Å². The second-order valence-electron chi connectivity index (χ2n) is 4.75. The third-order valence-electron chi connectivity index (χ3n) is 3.32. The van der Waals surface area contributed by atoms with Crippen LogP contribution in [0.4, 0.5) is 0 Å². The van der Waals surface area contributed by atoms with E-state index < -0.39 is 0 Å². The van der Waals surface area contributed by atoms with Crippen molar-refractivity contribution in [1.29, 1.82) is 0 Å². The van der Waals surface area contributed by atoms with Gasteiger partial charge in [0.25, 0.3) is 5.91 Å². The Morgan fingerprint density at radius 2 is 2.44 bits per heavy atom. The molecule has 0 N–H and O–H groups in total. The maximum absolute atomic E-state index is 12.1. The maximum atomic E-state index is 12.1. The first-order valence-corrected chi connectivity index (χ1v) is 6.54. The summed E-state index contributed by atoms with van der Waals surface area (Å²) in [7, 11) is 1.83. The summed E-state index contributed by atoms with van der Waals surface area (Å²) in [6.07, 6.45) is 8.05. The first-order valence-electron chi connectivity index (χ1n) is 6.54. The van der Waals surface area contributed by atoms with Crippen molar-refractivity contribution >= 4 is 5.91 Å². The highest BCUT2D eigenvalue weighted by Gasteiger charge is 2.17. The van der Waals surface area contributed by atoms with Crippen LogP contribution in [-0.4, -0.2) is 42.1 Å². The molecule has 0 bridgehead atoms. The van der Waals surface area contributed by atoms with E-state index in [4.69, 9.17) is 4.74 Å². The van der Waals surface area contributed by atoms with Crippen LogP contribution in [0.15, 0.2) is 24.5 Å². The molecule has 1 aromatic rings. The fourth-order valence-electron chi connectivity index (χ4n) is 2.18. The van der Waals surface area contributed by atoms with Gasteiger partial charge < -0.3 is 9.64 Å². The second kappa shape index (κ2) is 6.50. The summed E-state index contributed by atoms with van der Waals surface area (Å²) in [5, 5.41) is 0. The SMILES string of the molecule is CN(CCC1CCCCO1)C(=O)c1cccnc1. The Kier molecular flexibility index (Phi) is 4.70. The lowest BCUT2D eigenvalue weighted by molar-refractivity contribution is 0.00709. The molecule has 2 rings (SSSR count). The lowest BCUT2D eigenvalue weighted by atomic mass is 10.1. The van der Waals surface area contributed by atoms with Gasteiger partial charge in [0.05, 0.1) is 11.7 Å². The van der Waals surface area contributed by atoms with Crippen molar-refractivity contribution in [3.8, 4) is 0 Å². The third-order valence-corrected chi connectivity index (χ3v) is 3.32. The zero-order valence-electron chi connectivity index (χ0n) is 10.8. The van der Waals surface area contributed by atoms with Crippen molar-refractivity contribution in [2.75, 3.05) is 20.2 Å².